The molecule has 0 amide bonds. The number of carbonyl (C=O) groups is 2. The first-order valence-electron chi connectivity index (χ1n) is 4.31. The Balaban J connectivity index is 4.02. The van der Waals surface area contributed by atoms with E-state index in [0.717, 1.165) is 0 Å². The Kier molecular flexibility index (Phi) is 5.72. The molecule has 0 saturated heterocycles. The van der Waals surface area contributed by atoms with Crippen LogP contribution in [0.3, 0.4) is 0 Å². The fourth-order valence-corrected chi connectivity index (χ4v) is 2.17. The van der Waals surface area contributed by atoms with Gasteiger partial charge in [-0.3, -0.25) is 4.79 Å². The number of hydrogen-bond donors (Lipinski definition) is 0. The molecule has 0 aromatic heterocycles. The molecule has 0 aliphatic heterocycles. The molecule has 0 aromatic carbocycles. The van der Waals surface area contributed by atoms with Crippen LogP contribution < -0.4 is 0 Å². The van der Waals surface area contributed by atoms with E-state index in [2.05, 4.69) is 0 Å². The van der Waals surface area contributed by atoms with Crippen molar-refractivity contribution >= 4 is 19.4 Å². The zero-order valence-corrected chi connectivity index (χ0v) is 9.27. The summed E-state index contributed by atoms with van der Waals surface area (Å²) < 4.78 is 10.9. The van der Waals surface area contributed by atoms with E-state index in [1.165, 1.54) is 13.8 Å². The molecule has 3 nitrogen and oxygen atoms in total. The molecule has 4 heteroatoms. The second-order valence-corrected chi connectivity index (χ2v) is 4.98. The summed E-state index contributed by atoms with van der Waals surface area (Å²) in [4.78, 5) is 21.7. The Morgan fingerprint density at radius 3 is 2.15 bits per heavy atom. The van der Waals surface area contributed by atoms with Crippen LogP contribution in [0, 0.1) is 5.92 Å². The second kappa shape index (κ2) is 5.98. The average Bonchev–Trinajstić information content (AvgIpc) is 1.96. The number of Topliss-reactive ketones (excluding diaryl/α,β-unsaturated/α-hetero) is 2. The van der Waals surface area contributed by atoms with E-state index in [4.69, 9.17) is 0 Å². The van der Waals surface area contributed by atoms with Crippen molar-refractivity contribution in [2.24, 2.45) is 5.92 Å². The molecule has 0 fully saturated rings. The van der Waals surface area contributed by atoms with Crippen molar-refractivity contribution in [3.8, 4) is 0 Å². The Bertz CT molecular complexity index is 223. The maximum absolute atomic E-state index is 11.1. The summed E-state index contributed by atoms with van der Waals surface area (Å²) in [7, 11) is -1.29. The van der Waals surface area contributed by atoms with Crippen LogP contribution in [0.2, 0.25) is 0 Å². The Labute approximate surface area is 79.7 Å². The zero-order valence-electron chi connectivity index (χ0n) is 8.37. The summed E-state index contributed by atoms with van der Waals surface area (Å²) in [5.41, 5.74) is 0. The van der Waals surface area contributed by atoms with Gasteiger partial charge in [-0.05, 0) is 20.3 Å². The molecule has 0 bridgehead atoms. The maximum atomic E-state index is 11.1. The van der Waals surface area contributed by atoms with Crippen LogP contribution in [-0.4, -0.2) is 24.4 Å². The predicted octanol–water partition coefficient (Wildman–Crippen LogP) is 2.02. The molecule has 0 aliphatic carbocycles. The molecule has 13 heavy (non-hydrogen) atoms. The van der Waals surface area contributed by atoms with Gasteiger partial charge >= 0.3 is 7.80 Å². The molecule has 0 N–H and O–H groups in total. The van der Waals surface area contributed by atoms with E-state index in [1.807, 2.05) is 0 Å². The van der Waals surface area contributed by atoms with Crippen molar-refractivity contribution in [3.05, 3.63) is 0 Å². The molecule has 2 unspecified atom stereocenters. The van der Waals surface area contributed by atoms with Crippen molar-refractivity contribution in [1.29, 1.82) is 0 Å². The van der Waals surface area contributed by atoms with Gasteiger partial charge < -0.3 is 4.79 Å². The van der Waals surface area contributed by atoms with Crippen LogP contribution in [-0.2, 0) is 14.2 Å². The standard InChI is InChI=1S/C9H16O3P/c1-7(10)4-5-9(8(2)11)6-13(3)12/h9H,4-6H2,1-3H3/q+1. The van der Waals surface area contributed by atoms with E-state index in [1.54, 1.807) is 6.66 Å². The average molecular weight is 203 g/mol. The molecule has 0 aliphatic rings. The van der Waals surface area contributed by atoms with Gasteiger partial charge in [0.25, 0.3) is 0 Å². The third-order valence-corrected chi connectivity index (χ3v) is 2.85. The molecular weight excluding hydrogens is 187 g/mol. The van der Waals surface area contributed by atoms with Crippen LogP contribution in [0.15, 0.2) is 0 Å². The Morgan fingerprint density at radius 1 is 1.31 bits per heavy atom. The first kappa shape index (κ1) is 12.4. The summed E-state index contributed by atoms with van der Waals surface area (Å²) in [6, 6.07) is 0. The van der Waals surface area contributed by atoms with Gasteiger partial charge in [0, 0.05) is 6.42 Å². The zero-order chi connectivity index (χ0) is 10.4. The van der Waals surface area contributed by atoms with Gasteiger partial charge in [0.1, 0.15) is 18.2 Å². The van der Waals surface area contributed by atoms with Gasteiger partial charge in [-0.2, -0.15) is 0 Å². The van der Waals surface area contributed by atoms with Crippen LogP contribution in [0.25, 0.3) is 0 Å². The van der Waals surface area contributed by atoms with Gasteiger partial charge in [-0.25, -0.2) is 0 Å². The monoisotopic (exact) mass is 203 g/mol. The molecule has 74 valence electrons. The number of rotatable bonds is 6. The molecule has 0 rings (SSSR count). The highest BCUT2D eigenvalue weighted by molar-refractivity contribution is 7.43. The third kappa shape index (κ3) is 6.59. The van der Waals surface area contributed by atoms with Crippen molar-refractivity contribution < 1.29 is 14.2 Å². The maximum Gasteiger partial charge on any atom is 0.336 e. The highest BCUT2D eigenvalue weighted by Crippen LogP contribution is 2.22. The van der Waals surface area contributed by atoms with E-state index >= 15 is 0 Å². The summed E-state index contributed by atoms with van der Waals surface area (Å²) in [5.74, 6) is -0.0819. The van der Waals surface area contributed by atoms with Crippen LogP contribution in [0.4, 0.5) is 0 Å². The lowest BCUT2D eigenvalue weighted by Gasteiger charge is -2.05. The van der Waals surface area contributed by atoms with Crippen molar-refractivity contribution in [1.82, 2.24) is 0 Å². The first-order chi connectivity index (χ1) is 5.93. The third-order valence-electron chi connectivity index (χ3n) is 1.90. The van der Waals surface area contributed by atoms with Crippen molar-refractivity contribution in [2.45, 2.75) is 26.7 Å². The minimum absolute atomic E-state index is 0.0338. The van der Waals surface area contributed by atoms with Crippen LogP contribution in [0.1, 0.15) is 26.7 Å². The SMILES string of the molecule is CC(=O)CCC(C[P+](C)=O)C(C)=O. The van der Waals surface area contributed by atoms with Gasteiger partial charge in [0.2, 0.25) is 0 Å². The minimum atomic E-state index is -1.29. The van der Waals surface area contributed by atoms with Gasteiger partial charge in [0.05, 0.1) is 5.92 Å². The lowest BCUT2D eigenvalue weighted by atomic mass is 10.0. The smallest absolute Gasteiger partial charge is 0.300 e. The normalized spacial score (nSPS) is 13.6. The lowest BCUT2D eigenvalue weighted by Crippen LogP contribution is -2.14. The fourth-order valence-electron chi connectivity index (χ4n) is 1.11. The fraction of sp³-hybridized carbons (Fsp3) is 0.778. The quantitative estimate of drug-likeness (QED) is 0.620. The number of hydrogen-bond acceptors (Lipinski definition) is 3. The van der Waals surface area contributed by atoms with Crippen LogP contribution in [0.5, 0.6) is 0 Å². The van der Waals surface area contributed by atoms with Gasteiger partial charge in [-0.15, -0.1) is 0 Å². The summed E-state index contributed by atoms with van der Waals surface area (Å²) in [6.45, 7) is 4.60. The van der Waals surface area contributed by atoms with Gasteiger partial charge in [-0.1, -0.05) is 4.57 Å². The highest BCUT2D eigenvalue weighted by Gasteiger charge is 2.22. The van der Waals surface area contributed by atoms with E-state index in [0.29, 0.717) is 19.0 Å². The molecule has 0 heterocycles. The molecule has 0 spiro atoms. The predicted molar refractivity (Wildman–Crippen MR) is 52.5 cm³/mol. The topological polar surface area (TPSA) is 51.2 Å². The molecule has 0 aromatic rings. The first-order valence-corrected chi connectivity index (χ1v) is 6.21. The summed E-state index contributed by atoms with van der Waals surface area (Å²) in [6.07, 6.45) is 1.37. The highest BCUT2D eigenvalue weighted by atomic mass is 31.1. The van der Waals surface area contributed by atoms with E-state index in [-0.39, 0.29) is 17.5 Å². The molecular formula is C9H16O3P+. The molecule has 2 atom stereocenters. The Hall–Kier alpha value is -0.560. The minimum Gasteiger partial charge on any atom is -0.300 e. The lowest BCUT2D eigenvalue weighted by molar-refractivity contribution is -0.121. The van der Waals surface area contributed by atoms with E-state index < -0.39 is 7.80 Å². The van der Waals surface area contributed by atoms with Crippen molar-refractivity contribution in [2.75, 3.05) is 12.8 Å². The summed E-state index contributed by atoms with van der Waals surface area (Å²) >= 11 is 0. The molecule has 0 radical (unpaired) electrons. The summed E-state index contributed by atoms with van der Waals surface area (Å²) in [5, 5.41) is 0. The van der Waals surface area contributed by atoms with Crippen molar-refractivity contribution in [3.63, 3.8) is 0 Å². The van der Waals surface area contributed by atoms with E-state index in [9.17, 15) is 14.2 Å². The second-order valence-electron chi connectivity index (χ2n) is 3.36. The largest absolute Gasteiger partial charge is 0.336 e. The van der Waals surface area contributed by atoms with Gasteiger partial charge in [0.15, 0.2) is 6.16 Å². The Morgan fingerprint density at radius 2 is 1.85 bits per heavy atom. The van der Waals surface area contributed by atoms with Crippen LogP contribution >= 0.6 is 7.80 Å². The number of ketones is 2. The molecule has 0 saturated carbocycles. The number of carbonyl (C=O) groups excluding carboxylic acids is 2.